The standard InChI is InChI=1S/C25H49N2O9PS/c1-4-5-6-7-8-9-10-11-12-13-20(29)18-22(31)35-37(33,34)36-23(25(2,3)19-28)24(32)27-15-14-21(30)26-16-17-38/h20,23,28-29,38H,4-19H2,1-3H3,(H,26,30)(H,27,32)(H,33,34)/t20?,23-/m0/s1. The molecule has 11 nitrogen and oxygen atoms in total. The summed E-state index contributed by atoms with van der Waals surface area (Å²) >= 11 is 3.98. The molecule has 5 N–H and O–H groups in total. The van der Waals surface area contributed by atoms with Gasteiger partial charge in [0.05, 0.1) is 19.1 Å². The Hall–Kier alpha value is -1.17. The van der Waals surface area contributed by atoms with Crippen LogP contribution in [0, 0.1) is 5.41 Å². The number of hydrogen-bond acceptors (Lipinski definition) is 9. The lowest BCUT2D eigenvalue weighted by Crippen LogP contribution is -2.47. The van der Waals surface area contributed by atoms with Crippen LogP contribution in [-0.2, 0) is 28.0 Å². The van der Waals surface area contributed by atoms with E-state index in [1.165, 1.54) is 46.0 Å². The third-order valence-corrected chi connectivity index (χ3v) is 7.07. The molecule has 0 rings (SSSR count). The first kappa shape index (κ1) is 36.8. The number of unbranched alkanes of at least 4 members (excludes halogenated alkanes) is 8. The lowest BCUT2D eigenvalue weighted by molar-refractivity contribution is -0.143. The summed E-state index contributed by atoms with van der Waals surface area (Å²) in [6.45, 7) is 4.73. The van der Waals surface area contributed by atoms with Gasteiger partial charge in [-0.05, 0) is 6.42 Å². The number of thiol groups is 1. The van der Waals surface area contributed by atoms with Crippen LogP contribution >= 0.6 is 20.5 Å². The van der Waals surface area contributed by atoms with Gasteiger partial charge in [0, 0.05) is 30.7 Å². The van der Waals surface area contributed by atoms with Crippen molar-refractivity contribution in [3.63, 3.8) is 0 Å². The average Bonchev–Trinajstić information content (AvgIpc) is 2.84. The van der Waals surface area contributed by atoms with Gasteiger partial charge in [0.1, 0.15) is 0 Å². The molecule has 0 aliphatic heterocycles. The third kappa shape index (κ3) is 18.2. The van der Waals surface area contributed by atoms with Crippen molar-refractivity contribution in [3.05, 3.63) is 0 Å². The molecule has 0 heterocycles. The van der Waals surface area contributed by atoms with Gasteiger partial charge in [0.2, 0.25) is 5.91 Å². The van der Waals surface area contributed by atoms with E-state index in [1.807, 2.05) is 0 Å². The van der Waals surface area contributed by atoms with Crippen LogP contribution in [0.1, 0.15) is 97.8 Å². The molecule has 224 valence electrons. The Kier molecular flexibility index (Phi) is 20.1. The minimum atomic E-state index is -5.06. The number of phosphoric ester groups is 1. The number of phosphoric acid groups is 1. The summed E-state index contributed by atoms with van der Waals surface area (Å²) in [5.41, 5.74) is -1.32. The summed E-state index contributed by atoms with van der Waals surface area (Å²) in [4.78, 5) is 46.6. The summed E-state index contributed by atoms with van der Waals surface area (Å²) in [5.74, 6) is -1.86. The van der Waals surface area contributed by atoms with Crippen LogP contribution in [0.3, 0.4) is 0 Å². The second-order valence-electron chi connectivity index (χ2n) is 10.2. The van der Waals surface area contributed by atoms with E-state index in [2.05, 4.69) is 34.7 Å². The number of aliphatic hydroxyl groups excluding tert-OH is 2. The summed E-state index contributed by atoms with van der Waals surface area (Å²) in [7, 11) is -5.06. The molecule has 0 saturated carbocycles. The van der Waals surface area contributed by atoms with Gasteiger partial charge < -0.3 is 25.4 Å². The molecule has 0 aliphatic rings. The maximum Gasteiger partial charge on any atom is 0.530 e. The Morgan fingerprint density at radius 1 is 0.974 bits per heavy atom. The van der Waals surface area contributed by atoms with Crippen LogP contribution in [0.25, 0.3) is 0 Å². The summed E-state index contributed by atoms with van der Waals surface area (Å²) in [5, 5.41) is 24.8. The molecule has 0 aromatic heterocycles. The molecule has 0 saturated heterocycles. The Bertz CT molecular complexity index is 740. The zero-order chi connectivity index (χ0) is 29.0. The zero-order valence-corrected chi connectivity index (χ0v) is 24.9. The number of nitrogens with one attached hydrogen (secondary N) is 2. The normalized spacial score (nSPS) is 14.8. The van der Waals surface area contributed by atoms with Gasteiger partial charge in [0.25, 0.3) is 5.91 Å². The van der Waals surface area contributed by atoms with E-state index < -0.39 is 50.3 Å². The molecule has 2 amide bonds. The van der Waals surface area contributed by atoms with Gasteiger partial charge in [-0.1, -0.05) is 78.6 Å². The number of rotatable bonds is 23. The van der Waals surface area contributed by atoms with Crippen molar-refractivity contribution in [1.82, 2.24) is 10.6 Å². The first-order valence-electron chi connectivity index (χ1n) is 13.6. The van der Waals surface area contributed by atoms with Crippen LogP contribution in [-0.4, -0.2) is 70.5 Å². The van der Waals surface area contributed by atoms with Gasteiger partial charge in [0.15, 0.2) is 6.10 Å². The molecular formula is C25H49N2O9PS. The molecular weight excluding hydrogens is 535 g/mol. The first-order chi connectivity index (χ1) is 17.9. The van der Waals surface area contributed by atoms with Crippen molar-refractivity contribution in [2.45, 2.75) is 110 Å². The smallest absolute Gasteiger partial charge is 0.396 e. The van der Waals surface area contributed by atoms with Crippen LogP contribution < -0.4 is 10.6 Å². The Morgan fingerprint density at radius 2 is 1.55 bits per heavy atom. The van der Waals surface area contributed by atoms with E-state index in [0.717, 1.165) is 25.7 Å². The second kappa shape index (κ2) is 20.7. The van der Waals surface area contributed by atoms with Crippen molar-refractivity contribution in [3.8, 4) is 0 Å². The molecule has 38 heavy (non-hydrogen) atoms. The van der Waals surface area contributed by atoms with Gasteiger partial charge in [-0.25, -0.2) is 4.57 Å². The fourth-order valence-corrected chi connectivity index (χ4v) is 4.74. The van der Waals surface area contributed by atoms with Crippen LogP contribution in [0.2, 0.25) is 0 Å². The Morgan fingerprint density at radius 3 is 2.11 bits per heavy atom. The zero-order valence-electron chi connectivity index (χ0n) is 23.2. The molecule has 0 aromatic carbocycles. The highest BCUT2D eigenvalue weighted by Gasteiger charge is 2.43. The fourth-order valence-electron chi connectivity index (χ4n) is 3.61. The molecule has 0 aliphatic carbocycles. The van der Waals surface area contributed by atoms with E-state index >= 15 is 0 Å². The van der Waals surface area contributed by atoms with Crippen molar-refractivity contribution >= 4 is 38.2 Å². The number of aliphatic hydroxyl groups is 2. The summed E-state index contributed by atoms with van der Waals surface area (Å²) in [6.07, 6.45) is 7.10. The van der Waals surface area contributed by atoms with Gasteiger partial charge in [-0.15, -0.1) is 0 Å². The molecule has 0 aromatic rings. The topological polar surface area (TPSA) is 171 Å². The number of carbonyl (C=O) groups is 3. The SMILES string of the molecule is CCCCCCCCCCCC(O)CC(=O)OP(=O)(O)O[C@@H](C(=O)NCCC(=O)NCCS)C(C)(C)CO. The molecule has 2 unspecified atom stereocenters. The number of amides is 2. The average molecular weight is 585 g/mol. The predicted octanol–water partition coefficient (Wildman–Crippen LogP) is 3.26. The van der Waals surface area contributed by atoms with Crippen LogP contribution in [0.5, 0.6) is 0 Å². The molecule has 0 bridgehead atoms. The summed E-state index contributed by atoms with van der Waals surface area (Å²) < 4.78 is 22.0. The monoisotopic (exact) mass is 584 g/mol. The van der Waals surface area contributed by atoms with Crippen molar-refractivity contribution < 1.29 is 43.1 Å². The van der Waals surface area contributed by atoms with E-state index in [4.69, 9.17) is 4.52 Å². The highest BCUT2D eigenvalue weighted by atomic mass is 32.1. The second-order valence-corrected chi connectivity index (χ2v) is 11.9. The van der Waals surface area contributed by atoms with Crippen LogP contribution in [0.4, 0.5) is 0 Å². The molecule has 0 radical (unpaired) electrons. The lowest BCUT2D eigenvalue weighted by atomic mass is 9.87. The van der Waals surface area contributed by atoms with Crippen molar-refractivity contribution in [2.75, 3.05) is 25.4 Å². The molecule has 0 spiro atoms. The first-order valence-corrected chi connectivity index (χ1v) is 15.7. The Labute approximate surface area is 232 Å². The molecule has 0 fully saturated rings. The van der Waals surface area contributed by atoms with Gasteiger partial charge in [-0.2, -0.15) is 12.6 Å². The van der Waals surface area contributed by atoms with E-state index in [1.54, 1.807) is 0 Å². The maximum atomic E-state index is 12.6. The lowest BCUT2D eigenvalue weighted by Gasteiger charge is -2.31. The van der Waals surface area contributed by atoms with E-state index in [-0.39, 0.29) is 18.9 Å². The molecule has 3 atom stereocenters. The summed E-state index contributed by atoms with van der Waals surface area (Å²) in [6, 6.07) is 0. The number of carbonyl (C=O) groups excluding carboxylic acids is 3. The van der Waals surface area contributed by atoms with Crippen molar-refractivity contribution in [2.24, 2.45) is 5.41 Å². The Balaban J connectivity index is 4.62. The maximum absolute atomic E-state index is 12.6. The third-order valence-electron chi connectivity index (χ3n) is 5.94. The van der Waals surface area contributed by atoms with Gasteiger partial charge in [-0.3, -0.25) is 23.8 Å². The van der Waals surface area contributed by atoms with Crippen molar-refractivity contribution in [1.29, 1.82) is 0 Å². The molecule has 13 heteroatoms. The number of hydrogen-bond donors (Lipinski definition) is 6. The van der Waals surface area contributed by atoms with Crippen LogP contribution in [0.15, 0.2) is 0 Å². The fraction of sp³-hybridized carbons (Fsp3) is 0.880. The highest BCUT2D eigenvalue weighted by Crippen LogP contribution is 2.47. The largest absolute Gasteiger partial charge is 0.530 e. The quantitative estimate of drug-likeness (QED) is 0.0599. The highest BCUT2D eigenvalue weighted by molar-refractivity contribution is 7.80. The van der Waals surface area contributed by atoms with Gasteiger partial charge >= 0.3 is 13.8 Å². The predicted molar refractivity (Wildman–Crippen MR) is 149 cm³/mol. The van der Waals surface area contributed by atoms with E-state index in [0.29, 0.717) is 18.7 Å². The minimum Gasteiger partial charge on any atom is -0.396 e. The minimum absolute atomic E-state index is 0.0472. The van der Waals surface area contributed by atoms with E-state index in [9.17, 15) is 34.1 Å².